The molecule has 0 radical (unpaired) electrons. The minimum Gasteiger partial charge on any atom is -0.393 e. The highest BCUT2D eigenvalue weighted by Gasteiger charge is 2.26. The van der Waals surface area contributed by atoms with Gasteiger partial charge in [0, 0.05) is 37.4 Å². The summed E-state index contributed by atoms with van der Waals surface area (Å²) >= 11 is 0. The lowest BCUT2D eigenvalue weighted by Gasteiger charge is -2.34. The van der Waals surface area contributed by atoms with Crippen LogP contribution in [0.15, 0.2) is 24.3 Å². The molecule has 24 heavy (non-hydrogen) atoms. The number of amides is 1. The van der Waals surface area contributed by atoms with Crippen LogP contribution in [-0.4, -0.2) is 48.2 Å². The monoisotopic (exact) mass is 330 g/mol. The third-order valence-electron chi connectivity index (χ3n) is 5.72. The number of carbonyl (C=O) groups is 1. The van der Waals surface area contributed by atoms with Gasteiger partial charge in [0.1, 0.15) is 0 Å². The van der Waals surface area contributed by atoms with Crippen molar-refractivity contribution < 1.29 is 9.90 Å². The van der Waals surface area contributed by atoms with Crippen LogP contribution in [0.3, 0.4) is 0 Å². The van der Waals surface area contributed by atoms with Crippen molar-refractivity contribution in [3.8, 4) is 0 Å². The minimum absolute atomic E-state index is 0.134. The van der Waals surface area contributed by atoms with Gasteiger partial charge in [-0.3, -0.25) is 4.79 Å². The highest BCUT2D eigenvalue weighted by Crippen LogP contribution is 2.28. The molecule has 1 aliphatic carbocycles. The number of benzene rings is 1. The molecule has 2 unspecified atom stereocenters. The first kappa shape index (κ1) is 17.3. The third kappa shape index (κ3) is 3.92. The number of aliphatic hydroxyl groups excluding tert-OH is 1. The lowest BCUT2D eigenvalue weighted by molar-refractivity contribution is 0.0672. The number of nitrogens with zero attached hydrogens (tertiary/aromatic N) is 2. The molecule has 1 aliphatic heterocycles. The average molecular weight is 330 g/mol. The van der Waals surface area contributed by atoms with Crippen molar-refractivity contribution in [3.05, 3.63) is 29.8 Å². The predicted octanol–water partition coefficient (Wildman–Crippen LogP) is 3.30. The molecule has 3 rings (SSSR count). The summed E-state index contributed by atoms with van der Waals surface area (Å²) in [5, 5.41) is 9.62. The van der Waals surface area contributed by atoms with Gasteiger partial charge in [-0.2, -0.15) is 0 Å². The van der Waals surface area contributed by atoms with E-state index in [2.05, 4.69) is 11.8 Å². The Morgan fingerprint density at radius 3 is 2.42 bits per heavy atom. The normalized spacial score (nSPS) is 25.5. The molecule has 1 saturated heterocycles. The largest absolute Gasteiger partial charge is 0.393 e. The standard InChI is InChI=1S/C20H30N2O2/c1-15-4-3-5-18(14-15)21(2)20(24)16-6-8-17(9-7-16)22-12-10-19(23)11-13-22/h6-9,15,18-19,23H,3-5,10-14H2,1-2H3. The van der Waals surface area contributed by atoms with Crippen molar-refractivity contribution in [2.24, 2.45) is 5.92 Å². The summed E-state index contributed by atoms with van der Waals surface area (Å²) in [5.74, 6) is 0.852. The Morgan fingerprint density at radius 1 is 1.12 bits per heavy atom. The smallest absolute Gasteiger partial charge is 0.253 e. The summed E-state index contributed by atoms with van der Waals surface area (Å²) in [6, 6.07) is 8.37. The molecule has 0 bridgehead atoms. The molecule has 1 aromatic carbocycles. The Balaban J connectivity index is 1.63. The van der Waals surface area contributed by atoms with Gasteiger partial charge in [-0.05, 0) is 55.9 Å². The highest BCUT2D eigenvalue weighted by molar-refractivity contribution is 5.94. The number of hydrogen-bond donors (Lipinski definition) is 1. The molecule has 1 aromatic rings. The van der Waals surface area contributed by atoms with Crippen LogP contribution in [0.5, 0.6) is 0 Å². The molecule has 2 aliphatic rings. The zero-order valence-corrected chi connectivity index (χ0v) is 14.9. The van der Waals surface area contributed by atoms with Crippen LogP contribution in [0, 0.1) is 5.92 Å². The van der Waals surface area contributed by atoms with Crippen molar-refractivity contribution in [2.45, 2.75) is 57.6 Å². The average Bonchev–Trinajstić information content (AvgIpc) is 2.61. The van der Waals surface area contributed by atoms with Gasteiger partial charge < -0.3 is 14.9 Å². The van der Waals surface area contributed by atoms with Gasteiger partial charge in [-0.15, -0.1) is 0 Å². The first-order valence-corrected chi connectivity index (χ1v) is 9.35. The Morgan fingerprint density at radius 2 is 1.79 bits per heavy atom. The van der Waals surface area contributed by atoms with E-state index in [-0.39, 0.29) is 12.0 Å². The van der Waals surface area contributed by atoms with Crippen molar-refractivity contribution >= 4 is 11.6 Å². The van der Waals surface area contributed by atoms with Crippen molar-refractivity contribution in [1.82, 2.24) is 4.90 Å². The maximum absolute atomic E-state index is 12.8. The quantitative estimate of drug-likeness (QED) is 0.925. The zero-order valence-electron chi connectivity index (χ0n) is 14.9. The number of carbonyl (C=O) groups excluding carboxylic acids is 1. The van der Waals surface area contributed by atoms with Crippen LogP contribution in [0.25, 0.3) is 0 Å². The third-order valence-corrected chi connectivity index (χ3v) is 5.72. The van der Waals surface area contributed by atoms with Gasteiger partial charge in [0.15, 0.2) is 0 Å². The molecule has 4 nitrogen and oxygen atoms in total. The van der Waals surface area contributed by atoms with Gasteiger partial charge >= 0.3 is 0 Å². The molecular formula is C20H30N2O2. The molecule has 132 valence electrons. The summed E-state index contributed by atoms with van der Waals surface area (Å²) in [5.41, 5.74) is 1.92. The van der Waals surface area contributed by atoms with Crippen molar-refractivity contribution in [2.75, 3.05) is 25.0 Å². The molecule has 1 amide bonds. The maximum Gasteiger partial charge on any atom is 0.253 e. The first-order valence-electron chi connectivity index (χ1n) is 9.35. The van der Waals surface area contributed by atoms with E-state index in [0.717, 1.165) is 55.9 Å². The van der Waals surface area contributed by atoms with E-state index >= 15 is 0 Å². The number of piperidine rings is 1. The van der Waals surface area contributed by atoms with Gasteiger partial charge in [-0.1, -0.05) is 19.8 Å². The summed E-state index contributed by atoms with van der Waals surface area (Å²) in [4.78, 5) is 17.0. The molecule has 1 heterocycles. The topological polar surface area (TPSA) is 43.8 Å². The van der Waals surface area contributed by atoms with E-state index in [1.54, 1.807) is 0 Å². The van der Waals surface area contributed by atoms with Gasteiger partial charge in [0.2, 0.25) is 0 Å². The Bertz CT molecular complexity index is 549. The molecule has 0 aromatic heterocycles. The fourth-order valence-electron chi connectivity index (χ4n) is 4.06. The van der Waals surface area contributed by atoms with Crippen LogP contribution in [0.2, 0.25) is 0 Å². The van der Waals surface area contributed by atoms with E-state index in [1.807, 2.05) is 36.2 Å². The van der Waals surface area contributed by atoms with Crippen LogP contribution >= 0.6 is 0 Å². The molecule has 1 N–H and O–H groups in total. The van der Waals surface area contributed by atoms with Crippen molar-refractivity contribution in [1.29, 1.82) is 0 Å². The van der Waals surface area contributed by atoms with Gasteiger partial charge in [0.05, 0.1) is 6.10 Å². The van der Waals surface area contributed by atoms with E-state index in [4.69, 9.17) is 0 Å². The number of hydrogen-bond acceptors (Lipinski definition) is 3. The summed E-state index contributed by atoms with van der Waals surface area (Å²) in [6.07, 6.45) is 6.25. The lowest BCUT2D eigenvalue weighted by atomic mass is 9.86. The second-order valence-corrected chi connectivity index (χ2v) is 7.61. The molecule has 4 heteroatoms. The second-order valence-electron chi connectivity index (χ2n) is 7.61. The van der Waals surface area contributed by atoms with Crippen LogP contribution in [0.1, 0.15) is 55.8 Å². The van der Waals surface area contributed by atoms with E-state index < -0.39 is 0 Å². The Kier molecular flexibility index (Phi) is 5.44. The number of aliphatic hydroxyl groups is 1. The number of rotatable bonds is 3. The van der Waals surface area contributed by atoms with Gasteiger partial charge in [-0.25, -0.2) is 0 Å². The Hall–Kier alpha value is -1.55. The van der Waals surface area contributed by atoms with E-state index in [0.29, 0.717) is 6.04 Å². The predicted molar refractivity (Wildman–Crippen MR) is 97.4 cm³/mol. The van der Waals surface area contributed by atoms with Gasteiger partial charge in [0.25, 0.3) is 5.91 Å². The minimum atomic E-state index is -0.159. The molecule has 0 spiro atoms. The fourth-order valence-corrected chi connectivity index (χ4v) is 4.06. The molecule has 2 fully saturated rings. The molecule has 1 saturated carbocycles. The lowest BCUT2D eigenvalue weighted by Crippen LogP contribution is -2.39. The van der Waals surface area contributed by atoms with Crippen LogP contribution in [-0.2, 0) is 0 Å². The van der Waals surface area contributed by atoms with E-state index in [9.17, 15) is 9.90 Å². The molecular weight excluding hydrogens is 300 g/mol. The van der Waals surface area contributed by atoms with E-state index in [1.165, 1.54) is 12.8 Å². The summed E-state index contributed by atoms with van der Waals surface area (Å²) in [7, 11) is 1.95. The maximum atomic E-state index is 12.8. The van der Waals surface area contributed by atoms with Crippen LogP contribution in [0.4, 0.5) is 5.69 Å². The SMILES string of the molecule is CC1CCCC(N(C)C(=O)c2ccc(N3CCC(O)CC3)cc2)C1. The fraction of sp³-hybridized carbons (Fsp3) is 0.650. The second kappa shape index (κ2) is 7.56. The Labute approximate surface area is 145 Å². The van der Waals surface area contributed by atoms with Crippen molar-refractivity contribution in [3.63, 3.8) is 0 Å². The first-order chi connectivity index (χ1) is 11.5. The highest BCUT2D eigenvalue weighted by atomic mass is 16.3. The summed E-state index contributed by atoms with van der Waals surface area (Å²) < 4.78 is 0. The number of anilines is 1. The molecule has 2 atom stereocenters. The zero-order chi connectivity index (χ0) is 17.1. The van der Waals surface area contributed by atoms with Crippen LogP contribution < -0.4 is 4.90 Å². The summed E-state index contributed by atoms with van der Waals surface area (Å²) in [6.45, 7) is 4.05.